The van der Waals surface area contributed by atoms with E-state index in [1.54, 1.807) is 0 Å². The molecule has 0 aromatic carbocycles. The van der Waals surface area contributed by atoms with Crippen LogP contribution in [-0.2, 0) is 7.05 Å². The first-order valence-corrected chi connectivity index (χ1v) is 6.00. The summed E-state index contributed by atoms with van der Waals surface area (Å²) in [6.07, 6.45) is 6.30. The zero-order valence-corrected chi connectivity index (χ0v) is 9.97. The van der Waals surface area contributed by atoms with Gasteiger partial charge in [-0.25, -0.2) is 4.98 Å². The number of aromatic nitrogens is 2. The molecule has 0 spiro atoms. The van der Waals surface area contributed by atoms with Gasteiger partial charge in [-0.3, -0.25) is 0 Å². The van der Waals surface area contributed by atoms with Gasteiger partial charge in [0.15, 0.2) is 5.16 Å². The van der Waals surface area contributed by atoms with Gasteiger partial charge in [-0.05, 0) is 26.8 Å². The highest BCUT2D eigenvalue weighted by Gasteiger charge is 2.01. The molecule has 1 heterocycles. The van der Waals surface area contributed by atoms with Crippen LogP contribution in [0.2, 0.25) is 0 Å². The Labute approximate surface area is 90.3 Å². The minimum absolute atomic E-state index is 0.622. The SMILES string of the molecule is CNC(C)CCCSc1nccn1C. The summed E-state index contributed by atoms with van der Waals surface area (Å²) in [6, 6.07) is 0.622. The highest BCUT2D eigenvalue weighted by atomic mass is 32.2. The Morgan fingerprint density at radius 2 is 2.43 bits per heavy atom. The highest BCUT2D eigenvalue weighted by molar-refractivity contribution is 7.99. The van der Waals surface area contributed by atoms with Crippen molar-refractivity contribution in [3.05, 3.63) is 12.4 Å². The number of rotatable bonds is 6. The van der Waals surface area contributed by atoms with Gasteiger partial charge in [-0.2, -0.15) is 0 Å². The molecule has 0 bridgehead atoms. The van der Waals surface area contributed by atoms with Crippen LogP contribution in [0, 0.1) is 0 Å². The number of thioether (sulfide) groups is 1. The second-order valence-corrected chi connectivity index (χ2v) is 4.56. The van der Waals surface area contributed by atoms with Gasteiger partial charge < -0.3 is 9.88 Å². The van der Waals surface area contributed by atoms with E-state index in [9.17, 15) is 0 Å². The zero-order chi connectivity index (χ0) is 10.4. The Morgan fingerprint density at radius 3 is 3.00 bits per heavy atom. The van der Waals surface area contributed by atoms with Crippen molar-refractivity contribution in [1.29, 1.82) is 0 Å². The lowest BCUT2D eigenvalue weighted by molar-refractivity contribution is 0.559. The molecule has 1 rings (SSSR count). The Kier molecular flexibility index (Phi) is 5.04. The molecule has 0 aliphatic heterocycles. The van der Waals surface area contributed by atoms with Gasteiger partial charge in [-0.1, -0.05) is 11.8 Å². The van der Waals surface area contributed by atoms with Gasteiger partial charge in [0.25, 0.3) is 0 Å². The fourth-order valence-corrected chi connectivity index (χ4v) is 2.08. The Bertz CT molecular complexity index is 260. The van der Waals surface area contributed by atoms with E-state index in [0.717, 1.165) is 10.9 Å². The smallest absolute Gasteiger partial charge is 0.167 e. The molecular weight excluding hydrogens is 194 g/mol. The fraction of sp³-hybridized carbons (Fsp3) is 0.700. The van der Waals surface area contributed by atoms with Crippen molar-refractivity contribution in [2.24, 2.45) is 7.05 Å². The molecule has 0 aliphatic carbocycles. The van der Waals surface area contributed by atoms with Crippen LogP contribution in [-0.4, -0.2) is 28.4 Å². The van der Waals surface area contributed by atoms with E-state index >= 15 is 0 Å². The molecule has 0 saturated heterocycles. The third-order valence-corrected chi connectivity index (χ3v) is 3.43. The second-order valence-electron chi connectivity index (χ2n) is 3.50. The summed E-state index contributed by atoms with van der Waals surface area (Å²) in [5.41, 5.74) is 0. The van der Waals surface area contributed by atoms with Crippen molar-refractivity contribution in [2.45, 2.75) is 31.0 Å². The van der Waals surface area contributed by atoms with Gasteiger partial charge in [0, 0.05) is 31.2 Å². The van der Waals surface area contributed by atoms with Gasteiger partial charge in [0.05, 0.1) is 0 Å². The van der Waals surface area contributed by atoms with Crippen LogP contribution in [0.3, 0.4) is 0 Å². The first-order valence-electron chi connectivity index (χ1n) is 5.01. The predicted octanol–water partition coefficient (Wildman–Crippen LogP) is 1.90. The standard InChI is InChI=1S/C10H19N3S/c1-9(11-2)5-4-8-14-10-12-6-7-13(10)3/h6-7,9,11H,4-5,8H2,1-3H3. The quantitative estimate of drug-likeness (QED) is 0.578. The van der Waals surface area contributed by atoms with Crippen LogP contribution in [0.1, 0.15) is 19.8 Å². The number of nitrogens with one attached hydrogen (secondary N) is 1. The number of imidazole rings is 1. The largest absolute Gasteiger partial charge is 0.329 e. The van der Waals surface area contributed by atoms with Crippen molar-refractivity contribution < 1.29 is 0 Å². The molecule has 0 radical (unpaired) electrons. The number of aryl methyl sites for hydroxylation is 1. The van der Waals surface area contributed by atoms with Gasteiger partial charge >= 0.3 is 0 Å². The van der Waals surface area contributed by atoms with Crippen LogP contribution < -0.4 is 5.32 Å². The molecule has 4 heteroatoms. The second kappa shape index (κ2) is 6.09. The minimum Gasteiger partial charge on any atom is -0.329 e. The first-order chi connectivity index (χ1) is 6.74. The van der Waals surface area contributed by atoms with Crippen molar-refractivity contribution in [3.8, 4) is 0 Å². The molecule has 1 N–H and O–H groups in total. The summed E-state index contributed by atoms with van der Waals surface area (Å²) < 4.78 is 2.06. The summed E-state index contributed by atoms with van der Waals surface area (Å²) in [5.74, 6) is 1.15. The van der Waals surface area contributed by atoms with Gasteiger partial charge in [0.1, 0.15) is 0 Å². The van der Waals surface area contributed by atoms with Crippen LogP contribution in [0.15, 0.2) is 17.6 Å². The van der Waals surface area contributed by atoms with Crippen molar-refractivity contribution in [1.82, 2.24) is 14.9 Å². The first kappa shape index (κ1) is 11.6. The average molecular weight is 213 g/mol. The van der Waals surface area contributed by atoms with E-state index in [-0.39, 0.29) is 0 Å². The summed E-state index contributed by atoms with van der Waals surface area (Å²) in [6.45, 7) is 2.21. The summed E-state index contributed by atoms with van der Waals surface area (Å²) in [7, 11) is 4.04. The molecule has 14 heavy (non-hydrogen) atoms. The van der Waals surface area contributed by atoms with Crippen molar-refractivity contribution in [3.63, 3.8) is 0 Å². The highest BCUT2D eigenvalue weighted by Crippen LogP contribution is 2.16. The van der Waals surface area contributed by atoms with Crippen molar-refractivity contribution in [2.75, 3.05) is 12.8 Å². The Hall–Kier alpha value is -0.480. The van der Waals surface area contributed by atoms with Crippen LogP contribution in [0.5, 0.6) is 0 Å². The maximum atomic E-state index is 4.26. The van der Waals surface area contributed by atoms with E-state index < -0.39 is 0 Å². The maximum Gasteiger partial charge on any atom is 0.167 e. The Morgan fingerprint density at radius 1 is 1.64 bits per heavy atom. The number of hydrogen-bond acceptors (Lipinski definition) is 3. The fourth-order valence-electron chi connectivity index (χ4n) is 1.19. The lowest BCUT2D eigenvalue weighted by Gasteiger charge is -2.08. The van der Waals surface area contributed by atoms with Crippen molar-refractivity contribution >= 4 is 11.8 Å². The van der Waals surface area contributed by atoms with E-state index in [4.69, 9.17) is 0 Å². The van der Waals surface area contributed by atoms with E-state index in [1.165, 1.54) is 12.8 Å². The number of nitrogens with zero attached hydrogens (tertiary/aromatic N) is 2. The topological polar surface area (TPSA) is 29.9 Å². The molecule has 1 atom stereocenters. The molecule has 3 nitrogen and oxygen atoms in total. The molecule has 80 valence electrons. The van der Waals surface area contributed by atoms with Gasteiger partial charge in [-0.15, -0.1) is 0 Å². The lowest BCUT2D eigenvalue weighted by Crippen LogP contribution is -2.20. The summed E-state index contributed by atoms with van der Waals surface area (Å²) in [5, 5.41) is 4.35. The zero-order valence-electron chi connectivity index (χ0n) is 9.16. The van der Waals surface area contributed by atoms with E-state index in [0.29, 0.717) is 6.04 Å². The van der Waals surface area contributed by atoms with Gasteiger partial charge in [0.2, 0.25) is 0 Å². The molecular formula is C10H19N3S. The Balaban J connectivity index is 2.13. The number of hydrogen-bond donors (Lipinski definition) is 1. The third-order valence-electron chi connectivity index (χ3n) is 2.28. The maximum absolute atomic E-state index is 4.26. The molecule has 0 amide bonds. The predicted molar refractivity (Wildman–Crippen MR) is 61.7 cm³/mol. The molecule has 1 aromatic heterocycles. The van der Waals surface area contributed by atoms with Crippen LogP contribution in [0.25, 0.3) is 0 Å². The van der Waals surface area contributed by atoms with E-state index in [2.05, 4.69) is 21.8 Å². The summed E-state index contributed by atoms with van der Waals surface area (Å²) in [4.78, 5) is 4.26. The monoisotopic (exact) mass is 213 g/mol. The molecule has 0 aliphatic rings. The lowest BCUT2D eigenvalue weighted by atomic mass is 10.2. The summed E-state index contributed by atoms with van der Waals surface area (Å²) >= 11 is 1.83. The van der Waals surface area contributed by atoms with Crippen LogP contribution >= 0.6 is 11.8 Å². The normalized spacial score (nSPS) is 13.1. The minimum atomic E-state index is 0.622. The average Bonchev–Trinajstić information content (AvgIpc) is 2.58. The molecule has 0 fully saturated rings. The molecule has 1 aromatic rings. The van der Waals surface area contributed by atoms with Crippen LogP contribution in [0.4, 0.5) is 0 Å². The third kappa shape index (κ3) is 3.72. The van der Waals surface area contributed by atoms with E-state index in [1.807, 2.05) is 38.3 Å². The molecule has 0 saturated carbocycles. The molecule has 1 unspecified atom stereocenters.